The van der Waals surface area contributed by atoms with Crippen LogP contribution in [0, 0.1) is 0 Å². The number of rotatable bonds is 7. The average Bonchev–Trinajstić information content (AvgIpc) is 3.59. The van der Waals surface area contributed by atoms with Crippen LogP contribution in [-0.2, 0) is 17.5 Å². The Balaban J connectivity index is 1.34. The molecule has 9 nitrogen and oxygen atoms in total. The Labute approximate surface area is 185 Å². The number of halogens is 3. The van der Waals surface area contributed by atoms with Gasteiger partial charge in [0, 0.05) is 12.4 Å². The molecule has 3 aromatic rings. The van der Waals surface area contributed by atoms with Crippen molar-refractivity contribution >= 4 is 11.8 Å². The van der Waals surface area contributed by atoms with E-state index in [1.807, 2.05) is 0 Å². The molecule has 2 N–H and O–H groups in total. The number of hydrogen-bond donors (Lipinski definition) is 2. The van der Waals surface area contributed by atoms with E-state index in [1.54, 1.807) is 0 Å². The standard InChI is InChI=1S/C21H17F3N6O3/c22-21(23,24)15-3-1-2-4-16(15)33-14-9-27-17(28-10-14)11-29-19(32)20(5-6-20)30-18(31)13-7-25-12-26-8-13/h1-4,7-10,12H,5-6,11H2,(H,29,32)(H,30,31). The third-order valence-corrected chi connectivity index (χ3v) is 4.87. The molecule has 2 amide bonds. The maximum absolute atomic E-state index is 13.1. The minimum absolute atomic E-state index is 0.0118. The number of para-hydroxylation sites is 1. The molecule has 0 atom stereocenters. The van der Waals surface area contributed by atoms with Crippen LogP contribution in [0.5, 0.6) is 11.5 Å². The van der Waals surface area contributed by atoms with Crippen molar-refractivity contribution in [3.8, 4) is 11.5 Å². The summed E-state index contributed by atoms with van der Waals surface area (Å²) in [6.07, 6.45) is 2.80. The van der Waals surface area contributed by atoms with Gasteiger partial charge in [-0.3, -0.25) is 9.59 Å². The minimum Gasteiger partial charge on any atom is -0.453 e. The zero-order valence-electron chi connectivity index (χ0n) is 17.0. The Morgan fingerprint density at radius 3 is 2.33 bits per heavy atom. The number of alkyl halides is 3. The van der Waals surface area contributed by atoms with E-state index >= 15 is 0 Å². The Bertz CT molecular complexity index is 1150. The molecule has 12 heteroatoms. The summed E-state index contributed by atoms with van der Waals surface area (Å²) in [5.41, 5.74) is -1.69. The van der Waals surface area contributed by atoms with Gasteiger partial charge in [-0.1, -0.05) is 12.1 Å². The Morgan fingerprint density at radius 1 is 1.03 bits per heavy atom. The van der Waals surface area contributed by atoms with Crippen molar-refractivity contribution in [1.82, 2.24) is 30.6 Å². The first-order chi connectivity index (χ1) is 15.8. The van der Waals surface area contributed by atoms with Gasteiger partial charge >= 0.3 is 6.18 Å². The molecule has 0 saturated heterocycles. The van der Waals surface area contributed by atoms with Gasteiger partial charge < -0.3 is 15.4 Å². The Hall–Kier alpha value is -4.09. The number of benzene rings is 1. The summed E-state index contributed by atoms with van der Waals surface area (Å²) >= 11 is 0. The van der Waals surface area contributed by atoms with Crippen molar-refractivity contribution in [1.29, 1.82) is 0 Å². The predicted octanol–water partition coefficient (Wildman–Crippen LogP) is 2.66. The van der Waals surface area contributed by atoms with Crippen molar-refractivity contribution in [2.45, 2.75) is 31.1 Å². The first kappa shape index (κ1) is 22.1. The fourth-order valence-corrected chi connectivity index (χ4v) is 2.97. The summed E-state index contributed by atoms with van der Waals surface area (Å²) in [7, 11) is 0. The van der Waals surface area contributed by atoms with Gasteiger partial charge in [-0.15, -0.1) is 0 Å². The number of carbonyl (C=O) groups is 2. The van der Waals surface area contributed by atoms with Crippen LogP contribution in [0.4, 0.5) is 13.2 Å². The minimum atomic E-state index is -4.57. The molecule has 0 aliphatic heterocycles. The summed E-state index contributed by atoms with van der Waals surface area (Å²) in [6.45, 7) is -0.0374. The lowest BCUT2D eigenvalue weighted by molar-refractivity contribution is -0.138. The molecular weight excluding hydrogens is 441 g/mol. The fraction of sp³-hybridized carbons (Fsp3) is 0.238. The molecule has 0 bridgehead atoms. The third kappa shape index (κ3) is 5.22. The van der Waals surface area contributed by atoms with Crippen LogP contribution < -0.4 is 15.4 Å². The van der Waals surface area contributed by atoms with Crippen LogP contribution in [0.3, 0.4) is 0 Å². The summed E-state index contributed by atoms with van der Waals surface area (Å²) in [5, 5.41) is 5.35. The molecule has 170 valence electrons. The molecule has 0 unspecified atom stereocenters. The summed E-state index contributed by atoms with van der Waals surface area (Å²) < 4.78 is 44.5. The predicted molar refractivity (Wildman–Crippen MR) is 107 cm³/mol. The van der Waals surface area contributed by atoms with Gasteiger partial charge in [0.25, 0.3) is 5.91 Å². The summed E-state index contributed by atoms with van der Waals surface area (Å²) in [4.78, 5) is 40.4. The second kappa shape index (κ2) is 8.81. The van der Waals surface area contributed by atoms with Crippen molar-refractivity contribution in [3.05, 3.63) is 72.3 Å². The second-order valence-corrected chi connectivity index (χ2v) is 7.28. The van der Waals surface area contributed by atoms with Crippen molar-refractivity contribution in [2.75, 3.05) is 0 Å². The molecule has 2 heterocycles. The first-order valence-corrected chi connectivity index (χ1v) is 9.78. The van der Waals surface area contributed by atoms with Gasteiger partial charge in [-0.25, -0.2) is 19.9 Å². The highest BCUT2D eigenvalue weighted by Crippen LogP contribution is 2.38. The Morgan fingerprint density at radius 2 is 1.70 bits per heavy atom. The van der Waals surface area contributed by atoms with E-state index in [2.05, 4.69) is 30.6 Å². The van der Waals surface area contributed by atoms with Gasteiger partial charge in [0.1, 0.15) is 23.4 Å². The highest BCUT2D eigenvalue weighted by molar-refractivity contribution is 6.00. The largest absolute Gasteiger partial charge is 0.453 e. The lowest BCUT2D eigenvalue weighted by atomic mass is 10.2. The molecule has 1 saturated carbocycles. The second-order valence-electron chi connectivity index (χ2n) is 7.28. The molecule has 0 spiro atoms. The maximum atomic E-state index is 13.1. The van der Waals surface area contributed by atoms with Gasteiger partial charge in [0.15, 0.2) is 5.75 Å². The Kier molecular flexibility index (Phi) is 5.90. The van der Waals surface area contributed by atoms with Crippen LogP contribution in [0.1, 0.15) is 34.6 Å². The molecule has 2 aromatic heterocycles. The summed E-state index contributed by atoms with van der Waals surface area (Å²) in [6, 6.07) is 4.80. The van der Waals surface area contributed by atoms with E-state index in [4.69, 9.17) is 4.74 Å². The van der Waals surface area contributed by atoms with E-state index in [0.29, 0.717) is 12.8 Å². The fourth-order valence-electron chi connectivity index (χ4n) is 2.97. The molecule has 33 heavy (non-hydrogen) atoms. The lowest BCUT2D eigenvalue weighted by Crippen LogP contribution is -2.48. The SMILES string of the molecule is O=C(NC1(C(=O)NCc2ncc(Oc3ccccc3C(F)(F)F)cn2)CC1)c1cncnc1. The first-order valence-electron chi connectivity index (χ1n) is 9.78. The van der Waals surface area contributed by atoms with E-state index in [1.165, 1.54) is 49.3 Å². The highest BCUT2D eigenvalue weighted by atomic mass is 19.4. The highest BCUT2D eigenvalue weighted by Gasteiger charge is 2.51. The average molecular weight is 458 g/mol. The van der Waals surface area contributed by atoms with Gasteiger partial charge in [-0.05, 0) is 25.0 Å². The molecule has 4 rings (SSSR count). The number of nitrogens with one attached hydrogen (secondary N) is 2. The third-order valence-electron chi connectivity index (χ3n) is 4.87. The zero-order valence-corrected chi connectivity index (χ0v) is 17.0. The number of amides is 2. The van der Waals surface area contributed by atoms with Crippen LogP contribution in [0.25, 0.3) is 0 Å². The van der Waals surface area contributed by atoms with E-state index in [9.17, 15) is 22.8 Å². The van der Waals surface area contributed by atoms with E-state index in [-0.39, 0.29) is 29.4 Å². The number of nitrogens with zero attached hydrogens (tertiary/aromatic N) is 4. The van der Waals surface area contributed by atoms with Gasteiger partial charge in [-0.2, -0.15) is 13.2 Å². The van der Waals surface area contributed by atoms with Crippen LogP contribution in [0.2, 0.25) is 0 Å². The maximum Gasteiger partial charge on any atom is 0.419 e. The summed E-state index contributed by atoms with van der Waals surface area (Å²) in [5.74, 6) is -0.989. The number of carbonyl (C=O) groups excluding carboxylic acids is 2. The number of hydrogen-bond acceptors (Lipinski definition) is 7. The van der Waals surface area contributed by atoms with Crippen LogP contribution >= 0.6 is 0 Å². The number of aromatic nitrogens is 4. The normalized spacial score (nSPS) is 14.3. The molecule has 1 aromatic carbocycles. The van der Waals surface area contributed by atoms with Crippen molar-refractivity contribution in [3.63, 3.8) is 0 Å². The zero-order chi connectivity index (χ0) is 23.5. The van der Waals surface area contributed by atoms with Gasteiger partial charge in [0.2, 0.25) is 5.91 Å². The van der Waals surface area contributed by atoms with Crippen molar-refractivity contribution < 1.29 is 27.5 Å². The molecule has 1 aliphatic rings. The van der Waals surface area contributed by atoms with E-state index < -0.39 is 29.1 Å². The van der Waals surface area contributed by atoms with Crippen molar-refractivity contribution in [2.24, 2.45) is 0 Å². The molecule has 1 aliphatic carbocycles. The monoisotopic (exact) mass is 458 g/mol. The molecule has 1 fully saturated rings. The smallest absolute Gasteiger partial charge is 0.419 e. The van der Waals surface area contributed by atoms with Crippen LogP contribution in [0.15, 0.2) is 55.4 Å². The topological polar surface area (TPSA) is 119 Å². The molecular formula is C21H17F3N6O3. The van der Waals surface area contributed by atoms with Crippen LogP contribution in [-0.4, -0.2) is 37.3 Å². The lowest BCUT2D eigenvalue weighted by Gasteiger charge is -2.17. The van der Waals surface area contributed by atoms with Gasteiger partial charge in [0.05, 0.1) is 30.1 Å². The number of ether oxygens (including phenoxy) is 1. The quantitative estimate of drug-likeness (QED) is 0.559. The molecule has 0 radical (unpaired) electrons. The van der Waals surface area contributed by atoms with E-state index in [0.717, 1.165) is 6.07 Å².